The van der Waals surface area contributed by atoms with Gasteiger partial charge in [0.05, 0.1) is 30.4 Å². The fourth-order valence-electron chi connectivity index (χ4n) is 5.82. The van der Waals surface area contributed by atoms with E-state index in [0.29, 0.717) is 40.9 Å². The monoisotopic (exact) mass is 689 g/mol. The molecule has 268 valence electrons. The number of likely N-dealkylation sites (N-methyl/N-ethyl adjacent to an activating group) is 1. The Morgan fingerprint density at radius 1 is 0.920 bits per heavy atom. The van der Waals surface area contributed by atoms with Gasteiger partial charge in [-0.3, -0.25) is 4.79 Å². The molecule has 4 atom stereocenters. The molecule has 0 radical (unpaired) electrons. The fourth-order valence-corrected chi connectivity index (χ4v) is 5.82. The molecule has 2 aliphatic rings. The number of hydrogen-bond acceptors (Lipinski definition) is 8. The van der Waals surface area contributed by atoms with Crippen LogP contribution in [0.4, 0.5) is 26.7 Å². The van der Waals surface area contributed by atoms with Gasteiger partial charge in [0.15, 0.2) is 11.5 Å². The zero-order chi connectivity index (χ0) is 35.6. The SMILES string of the molecule is C[C@H](CO)N1C[C@H](C)[C@H](CN(C)C(=O)Nc2ccc3c(c2)OCO3)OCCCC[C@H](C)Oc2ccc(NC(=O)Nc3ccccc3)cc2C1=O. The summed E-state index contributed by atoms with van der Waals surface area (Å²) in [4.78, 5) is 43.6. The lowest BCUT2D eigenvalue weighted by Gasteiger charge is -2.35. The van der Waals surface area contributed by atoms with Crippen molar-refractivity contribution in [2.75, 3.05) is 56.1 Å². The lowest BCUT2D eigenvalue weighted by Crippen LogP contribution is -2.48. The van der Waals surface area contributed by atoms with Gasteiger partial charge in [0.1, 0.15) is 5.75 Å². The molecule has 2 heterocycles. The van der Waals surface area contributed by atoms with Crippen molar-refractivity contribution in [1.29, 1.82) is 0 Å². The lowest BCUT2D eigenvalue weighted by molar-refractivity contribution is -0.0115. The Kier molecular flexibility index (Phi) is 12.4. The van der Waals surface area contributed by atoms with Crippen LogP contribution in [0.15, 0.2) is 66.7 Å². The van der Waals surface area contributed by atoms with Crippen LogP contribution in [0.25, 0.3) is 0 Å². The van der Waals surface area contributed by atoms with Gasteiger partial charge in [0.2, 0.25) is 6.79 Å². The second kappa shape index (κ2) is 17.1. The van der Waals surface area contributed by atoms with Crippen LogP contribution in [0.1, 0.15) is 50.4 Å². The molecule has 3 aromatic carbocycles. The number of nitrogens with zero attached hydrogens (tertiary/aromatic N) is 2. The van der Waals surface area contributed by atoms with E-state index in [9.17, 15) is 19.5 Å². The molecular weight excluding hydrogens is 642 g/mol. The normalized spacial score (nSPS) is 20.1. The zero-order valence-electron chi connectivity index (χ0n) is 29.0. The molecule has 0 aromatic heterocycles. The largest absolute Gasteiger partial charge is 0.490 e. The maximum atomic E-state index is 14.4. The van der Waals surface area contributed by atoms with Crippen molar-refractivity contribution in [1.82, 2.24) is 9.80 Å². The summed E-state index contributed by atoms with van der Waals surface area (Å²) >= 11 is 0. The Hall–Kier alpha value is -5.01. The zero-order valence-corrected chi connectivity index (χ0v) is 29.0. The van der Waals surface area contributed by atoms with E-state index >= 15 is 0 Å². The van der Waals surface area contributed by atoms with Crippen LogP contribution >= 0.6 is 0 Å². The van der Waals surface area contributed by atoms with Gasteiger partial charge in [-0.2, -0.15) is 0 Å². The van der Waals surface area contributed by atoms with Crippen LogP contribution in [0, 0.1) is 5.92 Å². The van der Waals surface area contributed by atoms with E-state index < -0.39 is 18.2 Å². The molecule has 50 heavy (non-hydrogen) atoms. The molecule has 2 aliphatic heterocycles. The average molecular weight is 690 g/mol. The van der Waals surface area contributed by atoms with Crippen molar-refractivity contribution in [3.8, 4) is 17.2 Å². The molecule has 0 aliphatic carbocycles. The number of benzene rings is 3. The standard InChI is InChI=1S/C37H47N5O8/c1-24-20-42(25(2)22-43)35(44)30-18-28(39-36(45)38-27-11-6-5-7-12-27)13-15-31(30)50-26(3)10-8-9-17-47-34(24)21-41(4)37(46)40-29-14-16-32-33(19-29)49-23-48-32/h5-7,11-16,18-19,24-26,34,43H,8-10,17,20-23H2,1-4H3,(H,40,46)(H2,38,39,45)/t24-,25+,26-,34-/m0/s1. The number of aliphatic hydroxyl groups is 1. The summed E-state index contributed by atoms with van der Waals surface area (Å²) in [7, 11) is 1.70. The predicted molar refractivity (Wildman–Crippen MR) is 190 cm³/mol. The summed E-state index contributed by atoms with van der Waals surface area (Å²) in [6, 6.07) is 17.9. The van der Waals surface area contributed by atoms with Gasteiger partial charge in [-0.15, -0.1) is 0 Å². The van der Waals surface area contributed by atoms with Crippen LogP contribution in [0.5, 0.6) is 17.2 Å². The Bertz CT molecular complexity index is 1620. The first-order chi connectivity index (χ1) is 24.1. The van der Waals surface area contributed by atoms with Crippen molar-refractivity contribution in [2.24, 2.45) is 5.92 Å². The first-order valence-electron chi connectivity index (χ1n) is 17.0. The topological polar surface area (TPSA) is 151 Å². The number of carbonyl (C=O) groups excluding carboxylic acids is 3. The maximum Gasteiger partial charge on any atom is 0.323 e. The van der Waals surface area contributed by atoms with E-state index in [-0.39, 0.29) is 56.0 Å². The fraction of sp³-hybridized carbons (Fsp3) is 0.432. The first kappa shape index (κ1) is 36.3. The van der Waals surface area contributed by atoms with Crippen LogP contribution in [0.2, 0.25) is 0 Å². The third kappa shape index (κ3) is 9.57. The van der Waals surface area contributed by atoms with Crippen LogP contribution in [-0.2, 0) is 4.74 Å². The Labute approximate surface area is 292 Å². The smallest absolute Gasteiger partial charge is 0.323 e. The van der Waals surface area contributed by atoms with Gasteiger partial charge in [-0.05, 0) is 75.6 Å². The second-order valence-corrected chi connectivity index (χ2v) is 12.8. The summed E-state index contributed by atoms with van der Waals surface area (Å²) in [5.41, 5.74) is 1.86. The van der Waals surface area contributed by atoms with Gasteiger partial charge in [-0.1, -0.05) is 25.1 Å². The number of fused-ring (bicyclic) bond motifs is 2. The highest BCUT2D eigenvalue weighted by molar-refractivity contribution is 6.02. The number of carbonyl (C=O) groups is 3. The number of rotatable bonds is 7. The number of amides is 5. The van der Waals surface area contributed by atoms with Crippen molar-refractivity contribution in [3.05, 3.63) is 72.3 Å². The average Bonchev–Trinajstić information content (AvgIpc) is 3.58. The van der Waals surface area contributed by atoms with Crippen molar-refractivity contribution < 1.29 is 38.4 Å². The highest BCUT2D eigenvalue weighted by atomic mass is 16.7. The number of nitrogens with one attached hydrogen (secondary N) is 3. The van der Waals surface area contributed by atoms with E-state index in [2.05, 4.69) is 16.0 Å². The predicted octanol–water partition coefficient (Wildman–Crippen LogP) is 6.02. The molecule has 0 unspecified atom stereocenters. The lowest BCUT2D eigenvalue weighted by atomic mass is 10.0. The second-order valence-electron chi connectivity index (χ2n) is 12.8. The van der Waals surface area contributed by atoms with Crippen molar-refractivity contribution >= 4 is 35.0 Å². The van der Waals surface area contributed by atoms with E-state index in [1.165, 1.54) is 0 Å². The summed E-state index contributed by atoms with van der Waals surface area (Å²) in [5, 5.41) is 18.7. The van der Waals surface area contributed by atoms with Crippen molar-refractivity contribution in [2.45, 2.75) is 58.3 Å². The van der Waals surface area contributed by atoms with Gasteiger partial charge in [-0.25, -0.2) is 9.59 Å². The number of aliphatic hydroxyl groups excluding tert-OH is 1. The summed E-state index contributed by atoms with van der Waals surface area (Å²) in [5.74, 6) is 0.981. The van der Waals surface area contributed by atoms with E-state index in [1.54, 1.807) is 72.3 Å². The third-order valence-corrected chi connectivity index (χ3v) is 8.77. The highest BCUT2D eigenvalue weighted by Crippen LogP contribution is 2.34. The minimum atomic E-state index is -0.547. The molecule has 0 saturated heterocycles. The molecule has 5 amide bonds. The molecule has 0 spiro atoms. The Balaban J connectivity index is 1.35. The number of para-hydroxylation sites is 1. The van der Waals surface area contributed by atoms with E-state index in [4.69, 9.17) is 18.9 Å². The molecule has 0 saturated carbocycles. The van der Waals surface area contributed by atoms with Gasteiger partial charge in [0.25, 0.3) is 5.91 Å². The number of hydrogen-bond donors (Lipinski definition) is 4. The molecule has 5 rings (SSSR count). The van der Waals surface area contributed by atoms with E-state index in [1.807, 2.05) is 32.0 Å². The summed E-state index contributed by atoms with van der Waals surface area (Å²) < 4.78 is 23.5. The number of ether oxygens (including phenoxy) is 4. The van der Waals surface area contributed by atoms with Gasteiger partial charge < -0.3 is 49.8 Å². The maximum absolute atomic E-state index is 14.4. The molecule has 13 heteroatoms. The summed E-state index contributed by atoms with van der Waals surface area (Å²) in [6.45, 7) is 6.51. The minimum absolute atomic E-state index is 0.138. The van der Waals surface area contributed by atoms with Gasteiger partial charge >= 0.3 is 12.1 Å². The van der Waals surface area contributed by atoms with Crippen LogP contribution in [0.3, 0.4) is 0 Å². The number of urea groups is 2. The molecule has 13 nitrogen and oxygen atoms in total. The van der Waals surface area contributed by atoms with Crippen LogP contribution < -0.4 is 30.2 Å². The summed E-state index contributed by atoms with van der Waals surface area (Å²) in [6.07, 6.45) is 1.72. The first-order valence-corrected chi connectivity index (χ1v) is 17.0. The Morgan fingerprint density at radius 3 is 2.38 bits per heavy atom. The van der Waals surface area contributed by atoms with Crippen molar-refractivity contribution in [3.63, 3.8) is 0 Å². The van der Waals surface area contributed by atoms with Crippen LogP contribution in [-0.4, -0.2) is 91.3 Å². The van der Waals surface area contributed by atoms with Gasteiger partial charge in [0, 0.05) is 55.8 Å². The quantitative estimate of drug-likeness (QED) is 0.235. The molecular formula is C37H47N5O8. The molecule has 0 bridgehead atoms. The van der Waals surface area contributed by atoms with E-state index in [0.717, 1.165) is 19.3 Å². The number of anilines is 3. The Morgan fingerprint density at radius 2 is 1.62 bits per heavy atom. The molecule has 0 fully saturated rings. The molecule has 4 N–H and O–H groups in total. The molecule has 3 aromatic rings. The highest BCUT2D eigenvalue weighted by Gasteiger charge is 2.31. The minimum Gasteiger partial charge on any atom is -0.490 e. The third-order valence-electron chi connectivity index (χ3n) is 8.77.